The molecule has 0 N–H and O–H groups in total. The molecule has 0 radical (unpaired) electrons. The summed E-state index contributed by atoms with van der Waals surface area (Å²) in [5.41, 5.74) is 1.13. The van der Waals surface area contributed by atoms with Crippen molar-refractivity contribution in [3.8, 4) is 11.5 Å². The van der Waals surface area contributed by atoms with Crippen LogP contribution in [0.25, 0.3) is 0 Å². The van der Waals surface area contributed by atoms with E-state index in [4.69, 9.17) is 30.4 Å². The molecule has 7 heteroatoms. The zero-order valence-electron chi connectivity index (χ0n) is 17.7. The van der Waals surface area contributed by atoms with E-state index in [1.807, 2.05) is 39.8 Å². The minimum atomic E-state index is -0.584. The number of carbonyl (C=O) groups is 1. The molecule has 29 heavy (non-hydrogen) atoms. The third-order valence-electron chi connectivity index (χ3n) is 5.61. The Balaban J connectivity index is 1.85. The maximum atomic E-state index is 12.9. The highest BCUT2D eigenvalue weighted by Gasteiger charge is 2.52. The number of ketones is 1. The van der Waals surface area contributed by atoms with E-state index in [1.165, 1.54) is 0 Å². The van der Waals surface area contributed by atoms with E-state index in [9.17, 15) is 4.79 Å². The van der Waals surface area contributed by atoms with Crippen molar-refractivity contribution in [3.05, 3.63) is 52.5 Å². The molecule has 1 saturated heterocycles. The van der Waals surface area contributed by atoms with Crippen LogP contribution in [0.1, 0.15) is 43.6 Å². The highest BCUT2D eigenvalue weighted by Crippen LogP contribution is 2.37. The number of benzene rings is 2. The van der Waals surface area contributed by atoms with Gasteiger partial charge in [-0.15, -0.1) is 0 Å². The van der Waals surface area contributed by atoms with Crippen LogP contribution < -0.4 is 14.9 Å². The lowest BCUT2D eigenvalue weighted by atomic mass is 9.78. The van der Waals surface area contributed by atoms with Gasteiger partial charge in [0.2, 0.25) is 0 Å². The molecule has 2 aromatic rings. The van der Waals surface area contributed by atoms with E-state index >= 15 is 0 Å². The summed E-state index contributed by atoms with van der Waals surface area (Å²) in [6, 6.07) is 10.6. The predicted octanol–water partition coefficient (Wildman–Crippen LogP) is 4.08. The zero-order valence-corrected chi connectivity index (χ0v) is 18.4. The summed E-state index contributed by atoms with van der Waals surface area (Å²) < 4.78 is 22.7. The third-order valence-corrected chi connectivity index (χ3v) is 5.95. The standard InChI is InChI=1S/C22H26BClO5/c1-21(2)22(3,4)29-23(28-21)18-9-14(7-8-19(18)24)10-20(25)15-11-16(26-5)13-17(12-15)27-6/h7-9,11-13H,10H2,1-6H3. The van der Waals surface area contributed by atoms with Crippen molar-refractivity contribution in [2.45, 2.75) is 45.3 Å². The van der Waals surface area contributed by atoms with Crippen LogP contribution >= 0.6 is 11.6 Å². The summed E-state index contributed by atoms with van der Waals surface area (Å²) in [4.78, 5) is 12.9. The molecule has 1 aliphatic rings. The van der Waals surface area contributed by atoms with Gasteiger partial charge in [0.1, 0.15) is 11.5 Å². The molecule has 0 atom stereocenters. The average molecular weight is 417 g/mol. The first kappa shape index (κ1) is 21.7. The van der Waals surface area contributed by atoms with Crippen molar-refractivity contribution in [2.75, 3.05) is 14.2 Å². The van der Waals surface area contributed by atoms with Gasteiger partial charge in [0.25, 0.3) is 0 Å². The lowest BCUT2D eigenvalue weighted by Gasteiger charge is -2.32. The Bertz CT molecular complexity index is 887. The number of hydrogen-bond donors (Lipinski definition) is 0. The fourth-order valence-electron chi connectivity index (χ4n) is 3.11. The van der Waals surface area contributed by atoms with Gasteiger partial charge in [0, 0.05) is 28.5 Å². The van der Waals surface area contributed by atoms with Crippen molar-refractivity contribution in [3.63, 3.8) is 0 Å². The van der Waals surface area contributed by atoms with Crippen molar-refractivity contribution in [1.82, 2.24) is 0 Å². The Morgan fingerprint density at radius 1 is 0.966 bits per heavy atom. The molecule has 0 bridgehead atoms. The molecule has 3 rings (SSSR count). The largest absolute Gasteiger partial charge is 0.497 e. The van der Waals surface area contributed by atoms with Gasteiger partial charge in [-0.25, -0.2) is 0 Å². The molecule has 0 spiro atoms. The minimum absolute atomic E-state index is 0.0515. The van der Waals surface area contributed by atoms with Crippen LogP contribution in [0.5, 0.6) is 11.5 Å². The van der Waals surface area contributed by atoms with E-state index in [2.05, 4.69) is 0 Å². The van der Waals surface area contributed by atoms with Crippen molar-refractivity contribution in [2.24, 2.45) is 0 Å². The van der Waals surface area contributed by atoms with E-state index in [0.29, 0.717) is 22.1 Å². The SMILES string of the molecule is COc1cc(OC)cc(C(=O)Cc2ccc(Cl)c(B3OC(C)(C)C(C)(C)O3)c2)c1. The summed E-state index contributed by atoms with van der Waals surface area (Å²) in [5.74, 6) is 1.09. The molecule has 0 unspecified atom stereocenters. The molecule has 1 aliphatic heterocycles. The van der Waals surface area contributed by atoms with Crippen molar-refractivity contribution >= 4 is 30.0 Å². The summed E-state index contributed by atoms with van der Waals surface area (Å²) in [7, 11) is 2.53. The van der Waals surface area contributed by atoms with Gasteiger partial charge in [-0.1, -0.05) is 23.7 Å². The average Bonchev–Trinajstić information content (AvgIpc) is 2.89. The van der Waals surface area contributed by atoms with Gasteiger partial charge in [-0.3, -0.25) is 4.79 Å². The smallest absolute Gasteiger partial charge is 0.496 e. The van der Waals surface area contributed by atoms with Crippen LogP contribution in [-0.4, -0.2) is 38.3 Å². The number of hydrogen-bond acceptors (Lipinski definition) is 5. The molecule has 5 nitrogen and oxygen atoms in total. The number of methoxy groups -OCH3 is 2. The zero-order chi connectivity index (χ0) is 21.4. The normalized spacial score (nSPS) is 17.3. The Kier molecular flexibility index (Phi) is 5.99. The Morgan fingerprint density at radius 3 is 2.03 bits per heavy atom. The lowest BCUT2D eigenvalue weighted by Crippen LogP contribution is -2.41. The molecule has 0 aromatic heterocycles. The summed E-state index contributed by atoms with van der Waals surface area (Å²) in [6.07, 6.45) is 0.208. The van der Waals surface area contributed by atoms with Crippen LogP contribution in [0.4, 0.5) is 0 Å². The van der Waals surface area contributed by atoms with E-state index < -0.39 is 18.3 Å². The number of Topliss-reactive ketones (excluding diaryl/α,β-unsaturated/α-hetero) is 1. The lowest BCUT2D eigenvalue weighted by molar-refractivity contribution is 0.00578. The molecular weight excluding hydrogens is 391 g/mol. The topological polar surface area (TPSA) is 54.0 Å². The van der Waals surface area contributed by atoms with Crippen LogP contribution in [0.15, 0.2) is 36.4 Å². The molecule has 2 aromatic carbocycles. The highest BCUT2D eigenvalue weighted by atomic mass is 35.5. The van der Waals surface area contributed by atoms with E-state index in [-0.39, 0.29) is 12.2 Å². The summed E-state index contributed by atoms with van der Waals surface area (Å²) in [5, 5.41) is 0.544. The van der Waals surface area contributed by atoms with Crippen LogP contribution in [-0.2, 0) is 15.7 Å². The summed E-state index contributed by atoms with van der Waals surface area (Å²) in [6.45, 7) is 7.96. The van der Waals surface area contributed by atoms with Crippen LogP contribution in [0.2, 0.25) is 5.02 Å². The highest BCUT2D eigenvalue weighted by molar-refractivity contribution is 6.65. The van der Waals surface area contributed by atoms with E-state index in [0.717, 1.165) is 11.0 Å². The molecule has 1 fully saturated rings. The predicted molar refractivity (Wildman–Crippen MR) is 115 cm³/mol. The van der Waals surface area contributed by atoms with Crippen molar-refractivity contribution in [1.29, 1.82) is 0 Å². The third kappa shape index (κ3) is 4.45. The van der Waals surface area contributed by atoms with Gasteiger partial charge in [-0.05, 0) is 51.5 Å². The fraction of sp³-hybridized carbons (Fsp3) is 0.409. The van der Waals surface area contributed by atoms with Gasteiger partial charge in [-0.2, -0.15) is 0 Å². The first-order valence-corrected chi connectivity index (χ1v) is 9.84. The number of halogens is 1. The molecule has 1 heterocycles. The Morgan fingerprint density at radius 2 is 1.52 bits per heavy atom. The van der Waals surface area contributed by atoms with Gasteiger partial charge < -0.3 is 18.8 Å². The van der Waals surface area contributed by atoms with Crippen LogP contribution in [0.3, 0.4) is 0 Å². The molecule has 0 saturated carbocycles. The minimum Gasteiger partial charge on any atom is -0.497 e. The second-order valence-electron chi connectivity index (χ2n) is 8.15. The maximum Gasteiger partial charge on any atom is 0.496 e. The van der Waals surface area contributed by atoms with Gasteiger partial charge >= 0.3 is 7.12 Å². The second-order valence-corrected chi connectivity index (χ2v) is 8.55. The number of rotatable bonds is 6. The summed E-state index contributed by atoms with van der Waals surface area (Å²) >= 11 is 6.42. The van der Waals surface area contributed by atoms with Crippen molar-refractivity contribution < 1.29 is 23.6 Å². The monoisotopic (exact) mass is 416 g/mol. The molecule has 0 aliphatic carbocycles. The van der Waals surface area contributed by atoms with Gasteiger partial charge in [0.05, 0.1) is 25.4 Å². The number of carbonyl (C=O) groups excluding carboxylic acids is 1. The fourth-order valence-corrected chi connectivity index (χ4v) is 3.32. The van der Waals surface area contributed by atoms with E-state index in [1.54, 1.807) is 38.5 Å². The Labute approximate surface area is 177 Å². The van der Waals surface area contributed by atoms with Crippen LogP contribution in [0, 0.1) is 0 Å². The molecule has 0 amide bonds. The second kappa shape index (κ2) is 8.02. The molecule has 154 valence electrons. The maximum absolute atomic E-state index is 12.9. The van der Waals surface area contributed by atoms with Gasteiger partial charge in [0.15, 0.2) is 5.78 Å². The Hall–Kier alpha value is -2.02. The quantitative estimate of drug-likeness (QED) is 0.524. The number of ether oxygens (including phenoxy) is 2. The molecular formula is C22H26BClO5. The first-order valence-electron chi connectivity index (χ1n) is 9.46. The first-order chi connectivity index (χ1) is 13.6.